The number of amidine groups is 1. The van der Waals surface area contributed by atoms with Crippen LogP contribution in [0, 0.1) is 5.92 Å². The van der Waals surface area contributed by atoms with E-state index in [4.69, 9.17) is 22.5 Å². The molecular weight excluding hydrogens is 262 g/mol. The van der Waals surface area contributed by atoms with Crippen LogP contribution in [0.15, 0.2) is 23.4 Å². The van der Waals surface area contributed by atoms with Gasteiger partial charge in [0.25, 0.3) is 0 Å². The molecule has 1 fully saturated rings. The molecule has 0 atom stereocenters. The van der Waals surface area contributed by atoms with Gasteiger partial charge >= 0.3 is 0 Å². The predicted molar refractivity (Wildman–Crippen MR) is 79.2 cm³/mol. The molecule has 0 saturated heterocycles. The maximum atomic E-state index is 8.89. The smallest absolute Gasteiger partial charge is 0.173 e. The highest BCUT2D eigenvalue weighted by Crippen LogP contribution is 2.30. The first-order valence-corrected chi connectivity index (χ1v) is 6.99. The first kappa shape index (κ1) is 14.0. The van der Waals surface area contributed by atoms with Crippen LogP contribution in [-0.2, 0) is 0 Å². The Hall–Kier alpha value is -1.42. The van der Waals surface area contributed by atoms with E-state index in [0.29, 0.717) is 10.6 Å². The summed E-state index contributed by atoms with van der Waals surface area (Å²) in [5, 5.41) is 12.5. The summed E-state index contributed by atoms with van der Waals surface area (Å²) in [5.74, 6) is 0.781. The fourth-order valence-electron chi connectivity index (χ4n) is 2.81. The molecule has 104 valence electrons. The third kappa shape index (κ3) is 3.13. The van der Waals surface area contributed by atoms with Gasteiger partial charge in [0.05, 0.1) is 10.6 Å². The van der Waals surface area contributed by atoms with Crippen molar-refractivity contribution in [1.29, 1.82) is 0 Å². The van der Waals surface area contributed by atoms with E-state index < -0.39 is 0 Å². The van der Waals surface area contributed by atoms with Gasteiger partial charge in [0.1, 0.15) is 0 Å². The summed E-state index contributed by atoms with van der Waals surface area (Å²) in [4.78, 5) is 2.15. The average Bonchev–Trinajstić information content (AvgIpc) is 2.90. The lowest BCUT2D eigenvalue weighted by molar-refractivity contribution is 0.318. The van der Waals surface area contributed by atoms with Crippen LogP contribution in [0.3, 0.4) is 0 Å². The SMILES string of the molecule is CN(CC1CCCC1)c1cccc(Cl)c1/C(N)=N/O. The second-order valence-electron chi connectivity index (χ2n) is 5.15. The Morgan fingerprint density at radius 2 is 2.16 bits per heavy atom. The number of hydrogen-bond donors (Lipinski definition) is 2. The summed E-state index contributed by atoms with van der Waals surface area (Å²) in [7, 11) is 2.03. The zero-order valence-corrected chi connectivity index (χ0v) is 11.9. The van der Waals surface area contributed by atoms with Gasteiger partial charge in [0.2, 0.25) is 0 Å². The van der Waals surface area contributed by atoms with Crippen molar-refractivity contribution in [1.82, 2.24) is 0 Å². The summed E-state index contributed by atoms with van der Waals surface area (Å²) in [6, 6.07) is 5.59. The molecule has 1 aliphatic rings. The Kier molecular flexibility index (Phi) is 4.53. The third-order valence-electron chi connectivity index (χ3n) is 3.77. The number of hydrogen-bond acceptors (Lipinski definition) is 3. The van der Waals surface area contributed by atoms with Gasteiger partial charge in [0.15, 0.2) is 5.84 Å². The van der Waals surface area contributed by atoms with Crippen molar-refractivity contribution >= 4 is 23.1 Å². The molecule has 1 saturated carbocycles. The molecule has 5 heteroatoms. The van der Waals surface area contributed by atoms with Gasteiger partial charge in [-0.05, 0) is 30.9 Å². The van der Waals surface area contributed by atoms with Crippen LogP contribution in [0.1, 0.15) is 31.2 Å². The molecule has 0 amide bonds. The number of oxime groups is 1. The fourth-order valence-corrected chi connectivity index (χ4v) is 3.08. The van der Waals surface area contributed by atoms with Gasteiger partial charge in [-0.1, -0.05) is 35.7 Å². The Morgan fingerprint density at radius 3 is 2.79 bits per heavy atom. The third-order valence-corrected chi connectivity index (χ3v) is 4.09. The zero-order chi connectivity index (χ0) is 13.8. The average molecular weight is 282 g/mol. The fraction of sp³-hybridized carbons (Fsp3) is 0.500. The topological polar surface area (TPSA) is 61.8 Å². The van der Waals surface area contributed by atoms with Crippen LogP contribution >= 0.6 is 11.6 Å². The monoisotopic (exact) mass is 281 g/mol. The molecule has 2 rings (SSSR count). The molecule has 4 nitrogen and oxygen atoms in total. The van der Waals surface area contributed by atoms with E-state index >= 15 is 0 Å². The standard InChI is InChI=1S/C14H20ClN3O/c1-18(9-10-5-2-3-6-10)12-8-4-7-11(15)13(12)14(16)17-19/h4,7-8,10,19H,2-3,5-6,9H2,1H3,(H2,16,17). The molecule has 0 spiro atoms. The second kappa shape index (κ2) is 6.15. The molecule has 0 heterocycles. The number of nitrogens with two attached hydrogens (primary N) is 1. The first-order valence-electron chi connectivity index (χ1n) is 6.61. The Bertz CT molecular complexity index is 470. The van der Waals surface area contributed by atoms with Crippen molar-refractivity contribution in [2.75, 3.05) is 18.5 Å². The lowest BCUT2D eigenvalue weighted by Gasteiger charge is -2.25. The van der Waals surface area contributed by atoms with Crippen LogP contribution in [0.5, 0.6) is 0 Å². The van der Waals surface area contributed by atoms with Crippen LogP contribution in [0.25, 0.3) is 0 Å². The molecular formula is C14H20ClN3O. The van der Waals surface area contributed by atoms with Gasteiger partial charge in [-0.3, -0.25) is 0 Å². The largest absolute Gasteiger partial charge is 0.409 e. The van der Waals surface area contributed by atoms with E-state index in [1.165, 1.54) is 25.7 Å². The van der Waals surface area contributed by atoms with E-state index in [2.05, 4.69) is 10.1 Å². The van der Waals surface area contributed by atoms with Crippen molar-refractivity contribution in [2.24, 2.45) is 16.8 Å². The molecule has 3 N–H and O–H groups in total. The van der Waals surface area contributed by atoms with Crippen LogP contribution < -0.4 is 10.6 Å². The number of halogens is 1. The predicted octanol–water partition coefficient (Wildman–Crippen LogP) is 3.06. The molecule has 0 aromatic heterocycles. The molecule has 0 aliphatic heterocycles. The van der Waals surface area contributed by atoms with Gasteiger partial charge in [-0.25, -0.2) is 0 Å². The molecule has 0 radical (unpaired) electrons. The maximum Gasteiger partial charge on any atom is 0.173 e. The quantitative estimate of drug-likeness (QED) is 0.386. The summed E-state index contributed by atoms with van der Waals surface area (Å²) in [5.41, 5.74) is 7.25. The van der Waals surface area contributed by atoms with Gasteiger partial charge in [-0.2, -0.15) is 0 Å². The summed E-state index contributed by atoms with van der Waals surface area (Å²) in [6.45, 7) is 0.978. The molecule has 1 aromatic carbocycles. The number of rotatable bonds is 4. The number of nitrogens with zero attached hydrogens (tertiary/aromatic N) is 2. The Balaban J connectivity index is 2.25. The minimum absolute atomic E-state index is 0.0545. The van der Waals surface area contributed by atoms with Crippen molar-refractivity contribution < 1.29 is 5.21 Å². The van der Waals surface area contributed by atoms with Gasteiger partial charge < -0.3 is 15.8 Å². The molecule has 0 bridgehead atoms. The van der Waals surface area contributed by atoms with Gasteiger partial charge in [0, 0.05) is 19.3 Å². The van der Waals surface area contributed by atoms with Gasteiger partial charge in [-0.15, -0.1) is 0 Å². The Labute approximate surface area is 118 Å². The molecule has 0 unspecified atom stereocenters. The lowest BCUT2D eigenvalue weighted by atomic mass is 10.1. The summed E-state index contributed by atoms with van der Waals surface area (Å²) < 4.78 is 0. The highest BCUT2D eigenvalue weighted by atomic mass is 35.5. The highest BCUT2D eigenvalue weighted by Gasteiger charge is 2.20. The van der Waals surface area contributed by atoms with Crippen molar-refractivity contribution in [3.8, 4) is 0 Å². The summed E-state index contributed by atoms with van der Waals surface area (Å²) in [6.07, 6.45) is 5.20. The first-order chi connectivity index (χ1) is 9.13. The van der Waals surface area contributed by atoms with Crippen LogP contribution in [0.4, 0.5) is 5.69 Å². The van der Waals surface area contributed by atoms with E-state index in [1.54, 1.807) is 6.07 Å². The minimum Gasteiger partial charge on any atom is -0.409 e. The number of anilines is 1. The van der Waals surface area contributed by atoms with E-state index in [-0.39, 0.29) is 5.84 Å². The zero-order valence-electron chi connectivity index (χ0n) is 11.1. The normalized spacial score (nSPS) is 16.8. The molecule has 1 aliphatic carbocycles. The van der Waals surface area contributed by atoms with Crippen LogP contribution in [-0.4, -0.2) is 24.6 Å². The van der Waals surface area contributed by atoms with Crippen molar-refractivity contribution in [3.05, 3.63) is 28.8 Å². The van der Waals surface area contributed by atoms with Crippen molar-refractivity contribution in [3.63, 3.8) is 0 Å². The van der Waals surface area contributed by atoms with Crippen LogP contribution in [0.2, 0.25) is 5.02 Å². The molecule has 19 heavy (non-hydrogen) atoms. The van der Waals surface area contributed by atoms with E-state index in [0.717, 1.165) is 18.2 Å². The maximum absolute atomic E-state index is 8.89. The Morgan fingerprint density at radius 1 is 1.47 bits per heavy atom. The van der Waals surface area contributed by atoms with Crippen molar-refractivity contribution in [2.45, 2.75) is 25.7 Å². The minimum atomic E-state index is 0.0545. The lowest BCUT2D eigenvalue weighted by Crippen LogP contribution is -2.27. The molecule has 1 aromatic rings. The van der Waals surface area contributed by atoms with E-state index in [9.17, 15) is 0 Å². The highest BCUT2D eigenvalue weighted by molar-refractivity contribution is 6.34. The summed E-state index contributed by atoms with van der Waals surface area (Å²) >= 11 is 6.17. The second-order valence-corrected chi connectivity index (χ2v) is 5.56. The van der Waals surface area contributed by atoms with E-state index in [1.807, 2.05) is 19.2 Å². The number of benzene rings is 1.